The van der Waals surface area contributed by atoms with Gasteiger partial charge in [0, 0.05) is 16.8 Å². The molecule has 0 amide bonds. The van der Waals surface area contributed by atoms with Crippen LogP contribution in [0.15, 0.2) is 54.6 Å². The monoisotopic (exact) mass is 312 g/mol. The van der Waals surface area contributed by atoms with E-state index in [1.54, 1.807) is 36.4 Å². The molecule has 2 aromatic carbocycles. The third-order valence-electron chi connectivity index (χ3n) is 4.11. The second-order valence-corrected chi connectivity index (χ2v) is 5.76. The van der Waals surface area contributed by atoms with Gasteiger partial charge in [-0.1, -0.05) is 42.5 Å². The van der Waals surface area contributed by atoms with Gasteiger partial charge in [-0.15, -0.1) is 0 Å². The minimum Gasteiger partial charge on any atom is -0.399 e. The lowest BCUT2D eigenvalue weighted by molar-refractivity contribution is -0.307. The van der Waals surface area contributed by atoms with Crippen molar-refractivity contribution >= 4 is 11.5 Å². The van der Waals surface area contributed by atoms with Crippen molar-refractivity contribution in [1.82, 2.24) is 0 Å². The highest BCUT2D eigenvalue weighted by molar-refractivity contribution is 5.98. The predicted octanol–water partition coefficient (Wildman–Crippen LogP) is 2.27. The highest BCUT2D eigenvalue weighted by Crippen LogP contribution is 2.32. The third kappa shape index (κ3) is 3.12. The maximum absolute atomic E-state index is 12.6. The first kappa shape index (κ1) is 15.7. The molecule has 23 heavy (non-hydrogen) atoms. The maximum atomic E-state index is 12.6. The number of carbonyl (C=O) groups is 1. The molecule has 5 nitrogen and oxygen atoms in total. The number of ketones is 1. The molecule has 0 bridgehead atoms. The Labute approximate surface area is 135 Å². The molecule has 1 saturated heterocycles. The zero-order chi connectivity index (χ0) is 16.4. The standard InChI is InChI=1S/C18H20N2O3/c1-12-16(17(21)13-5-3-2-4-6-13)11-22-18(20,23-12)14-7-9-15(19)10-8-14/h2-10,12,16H,11,19-20H2,1H3/t12-,16+,18-/m0/s1. The molecule has 120 valence electrons. The second-order valence-electron chi connectivity index (χ2n) is 5.76. The maximum Gasteiger partial charge on any atom is 0.253 e. The third-order valence-corrected chi connectivity index (χ3v) is 4.11. The first-order valence-electron chi connectivity index (χ1n) is 7.55. The fourth-order valence-corrected chi connectivity index (χ4v) is 2.71. The van der Waals surface area contributed by atoms with Crippen LogP contribution < -0.4 is 11.5 Å². The first-order chi connectivity index (χ1) is 11.0. The van der Waals surface area contributed by atoms with Crippen LogP contribution in [-0.4, -0.2) is 18.5 Å². The summed E-state index contributed by atoms with van der Waals surface area (Å²) in [6.45, 7) is 2.04. The molecule has 1 heterocycles. The molecule has 3 rings (SSSR count). The summed E-state index contributed by atoms with van der Waals surface area (Å²) in [5.74, 6) is -1.75. The molecule has 0 aromatic heterocycles. The summed E-state index contributed by atoms with van der Waals surface area (Å²) in [6.07, 6.45) is -0.362. The van der Waals surface area contributed by atoms with Gasteiger partial charge in [0.15, 0.2) is 5.78 Å². The number of benzene rings is 2. The van der Waals surface area contributed by atoms with Gasteiger partial charge in [0.25, 0.3) is 5.91 Å². The largest absolute Gasteiger partial charge is 0.399 e. The van der Waals surface area contributed by atoms with E-state index in [-0.39, 0.29) is 24.4 Å². The van der Waals surface area contributed by atoms with E-state index in [0.717, 1.165) is 0 Å². The minimum atomic E-state index is -1.36. The van der Waals surface area contributed by atoms with E-state index in [1.807, 2.05) is 25.1 Å². The van der Waals surface area contributed by atoms with Crippen LogP contribution >= 0.6 is 0 Å². The molecule has 1 fully saturated rings. The number of hydrogen-bond donors (Lipinski definition) is 2. The van der Waals surface area contributed by atoms with Crippen molar-refractivity contribution in [3.05, 3.63) is 65.7 Å². The topological polar surface area (TPSA) is 87.6 Å². The highest BCUT2D eigenvalue weighted by atomic mass is 16.7. The molecule has 1 aliphatic heterocycles. The zero-order valence-electron chi connectivity index (χ0n) is 12.9. The number of ether oxygens (including phenoxy) is 2. The lowest BCUT2D eigenvalue weighted by Gasteiger charge is -2.40. The van der Waals surface area contributed by atoms with Crippen molar-refractivity contribution in [2.24, 2.45) is 11.7 Å². The first-order valence-corrected chi connectivity index (χ1v) is 7.55. The molecule has 0 aliphatic carbocycles. The van der Waals surface area contributed by atoms with E-state index in [0.29, 0.717) is 16.8 Å². The number of nitrogen functional groups attached to an aromatic ring is 1. The Bertz CT molecular complexity index is 687. The minimum absolute atomic E-state index is 0.00236. The molecule has 2 aromatic rings. The Morgan fingerprint density at radius 1 is 1.13 bits per heavy atom. The van der Waals surface area contributed by atoms with Crippen LogP contribution in [0.2, 0.25) is 0 Å². The Morgan fingerprint density at radius 2 is 1.78 bits per heavy atom. The van der Waals surface area contributed by atoms with Gasteiger partial charge >= 0.3 is 0 Å². The van der Waals surface area contributed by atoms with E-state index in [9.17, 15) is 4.79 Å². The Balaban J connectivity index is 1.77. The highest BCUT2D eigenvalue weighted by Gasteiger charge is 2.42. The Kier molecular flexibility index (Phi) is 4.17. The fourth-order valence-electron chi connectivity index (χ4n) is 2.71. The van der Waals surface area contributed by atoms with Gasteiger partial charge in [-0.25, -0.2) is 0 Å². The van der Waals surface area contributed by atoms with Crippen LogP contribution in [0, 0.1) is 5.92 Å². The van der Waals surface area contributed by atoms with Gasteiger partial charge < -0.3 is 15.2 Å². The van der Waals surface area contributed by atoms with E-state index >= 15 is 0 Å². The van der Waals surface area contributed by atoms with E-state index in [1.165, 1.54) is 0 Å². The number of nitrogens with two attached hydrogens (primary N) is 2. The van der Waals surface area contributed by atoms with Crippen LogP contribution in [0.1, 0.15) is 22.8 Å². The summed E-state index contributed by atoms with van der Waals surface area (Å²) in [4.78, 5) is 12.6. The summed E-state index contributed by atoms with van der Waals surface area (Å²) in [5, 5.41) is 0. The summed E-state index contributed by atoms with van der Waals surface area (Å²) < 4.78 is 11.6. The molecule has 0 spiro atoms. The predicted molar refractivity (Wildman–Crippen MR) is 87.5 cm³/mol. The fraction of sp³-hybridized carbons (Fsp3) is 0.278. The molecule has 0 saturated carbocycles. The van der Waals surface area contributed by atoms with Crippen molar-refractivity contribution in [2.75, 3.05) is 12.3 Å². The smallest absolute Gasteiger partial charge is 0.253 e. The molecular weight excluding hydrogens is 292 g/mol. The number of Topliss-reactive ketones (excluding diaryl/α,β-unsaturated/α-hetero) is 1. The molecule has 4 N–H and O–H groups in total. The Morgan fingerprint density at radius 3 is 2.39 bits per heavy atom. The van der Waals surface area contributed by atoms with Crippen molar-refractivity contribution in [3.63, 3.8) is 0 Å². The quantitative estimate of drug-likeness (QED) is 0.670. The van der Waals surface area contributed by atoms with E-state index in [2.05, 4.69) is 0 Å². The van der Waals surface area contributed by atoms with Gasteiger partial charge in [-0.2, -0.15) is 0 Å². The number of anilines is 1. The summed E-state index contributed by atoms with van der Waals surface area (Å²) in [6, 6.07) is 16.1. The number of rotatable bonds is 3. The van der Waals surface area contributed by atoms with Crippen LogP contribution in [0.5, 0.6) is 0 Å². The SMILES string of the molecule is C[C@@H]1O[C@](N)(c2ccc(N)cc2)OC[C@H]1C(=O)c1ccccc1. The van der Waals surface area contributed by atoms with Gasteiger partial charge in [-0.3, -0.25) is 10.5 Å². The van der Waals surface area contributed by atoms with Crippen molar-refractivity contribution in [3.8, 4) is 0 Å². The van der Waals surface area contributed by atoms with Crippen LogP contribution in [0.25, 0.3) is 0 Å². The van der Waals surface area contributed by atoms with Crippen molar-refractivity contribution in [2.45, 2.75) is 18.9 Å². The zero-order valence-corrected chi connectivity index (χ0v) is 12.9. The summed E-state index contributed by atoms with van der Waals surface area (Å²) >= 11 is 0. The molecule has 1 aliphatic rings. The second kappa shape index (κ2) is 6.12. The number of carbonyl (C=O) groups excluding carboxylic acids is 1. The average Bonchev–Trinajstić information content (AvgIpc) is 2.56. The average molecular weight is 312 g/mol. The molecule has 0 radical (unpaired) electrons. The van der Waals surface area contributed by atoms with Gasteiger partial charge in [0.1, 0.15) is 0 Å². The van der Waals surface area contributed by atoms with Crippen molar-refractivity contribution in [1.29, 1.82) is 0 Å². The van der Waals surface area contributed by atoms with Crippen molar-refractivity contribution < 1.29 is 14.3 Å². The van der Waals surface area contributed by atoms with Crippen LogP contribution in [0.4, 0.5) is 5.69 Å². The lowest BCUT2D eigenvalue weighted by Crippen LogP contribution is -2.53. The molecule has 5 heteroatoms. The normalized spacial score (nSPS) is 27.6. The van der Waals surface area contributed by atoms with Crippen LogP contribution in [0.3, 0.4) is 0 Å². The van der Waals surface area contributed by atoms with E-state index in [4.69, 9.17) is 20.9 Å². The number of hydrogen-bond acceptors (Lipinski definition) is 5. The van der Waals surface area contributed by atoms with Gasteiger partial charge in [-0.05, 0) is 19.1 Å². The van der Waals surface area contributed by atoms with Gasteiger partial charge in [0.2, 0.25) is 0 Å². The molecular formula is C18H20N2O3. The molecule has 3 atom stereocenters. The Hall–Kier alpha value is -2.21. The van der Waals surface area contributed by atoms with Gasteiger partial charge in [0.05, 0.1) is 18.6 Å². The lowest BCUT2D eigenvalue weighted by atomic mass is 9.92. The molecule has 0 unspecified atom stereocenters. The van der Waals surface area contributed by atoms with E-state index < -0.39 is 5.91 Å². The summed E-state index contributed by atoms with van der Waals surface area (Å²) in [5.41, 5.74) is 13.9. The summed E-state index contributed by atoms with van der Waals surface area (Å²) in [7, 11) is 0. The van der Waals surface area contributed by atoms with Crippen LogP contribution in [-0.2, 0) is 15.4 Å².